The number of para-hydroxylation sites is 1. The first-order chi connectivity index (χ1) is 9.81. The van der Waals surface area contributed by atoms with Crippen molar-refractivity contribution < 1.29 is 4.79 Å². The Balaban J connectivity index is 1.51. The van der Waals surface area contributed by atoms with E-state index in [9.17, 15) is 4.79 Å². The van der Waals surface area contributed by atoms with Crippen LogP contribution in [0.15, 0.2) is 28.6 Å². The standard InChI is InChI=1S/C14H17N3OS2/c18-13(16-10-5-7-15-8-6-10)9-19-14-17-11-3-1-2-4-12(11)20-14/h1-4,10,15H,5-9H2,(H,16,18). The molecule has 20 heavy (non-hydrogen) atoms. The summed E-state index contributed by atoms with van der Waals surface area (Å²) < 4.78 is 2.14. The number of thioether (sulfide) groups is 1. The van der Waals surface area contributed by atoms with Crippen LogP contribution in [0.3, 0.4) is 0 Å². The fraction of sp³-hybridized carbons (Fsp3) is 0.429. The number of nitrogens with one attached hydrogen (secondary N) is 2. The van der Waals surface area contributed by atoms with E-state index >= 15 is 0 Å². The van der Waals surface area contributed by atoms with E-state index in [1.54, 1.807) is 11.3 Å². The van der Waals surface area contributed by atoms with Crippen LogP contribution in [0.1, 0.15) is 12.8 Å². The number of nitrogens with zero attached hydrogens (tertiary/aromatic N) is 1. The first-order valence-corrected chi connectivity index (χ1v) is 8.60. The minimum Gasteiger partial charge on any atom is -0.353 e. The van der Waals surface area contributed by atoms with Gasteiger partial charge in [-0.25, -0.2) is 4.98 Å². The highest BCUT2D eigenvalue weighted by atomic mass is 32.2. The predicted octanol–water partition coefficient (Wildman–Crippen LogP) is 2.26. The number of piperidine rings is 1. The molecule has 0 unspecified atom stereocenters. The third-order valence-electron chi connectivity index (χ3n) is 3.31. The van der Waals surface area contributed by atoms with Gasteiger partial charge in [-0.3, -0.25) is 4.79 Å². The molecule has 2 N–H and O–H groups in total. The van der Waals surface area contributed by atoms with Gasteiger partial charge in [0.15, 0.2) is 4.34 Å². The lowest BCUT2D eigenvalue weighted by Gasteiger charge is -2.23. The monoisotopic (exact) mass is 307 g/mol. The Hall–Kier alpha value is -1.11. The Bertz CT molecular complexity index is 560. The summed E-state index contributed by atoms with van der Waals surface area (Å²) in [7, 11) is 0. The van der Waals surface area contributed by atoms with Crippen molar-refractivity contribution >= 4 is 39.2 Å². The zero-order valence-corrected chi connectivity index (χ0v) is 12.7. The van der Waals surface area contributed by atoms with E-state index in [2.05, 4.69) is 21.7 Å². The molecule has 1 aromatic heterocycles. The second-order valence-corrected chi connectivity index (χ2v) is 7.08. The molecule has 0 spiro atoms. The fourth-order valence-electron chi connectivity index (χ4n) is 2.28. The minimum absolute atomic E-state index is 0.112. The Morgan fingerprint density at radius 3 is 3.00 bits per heavy atom. The summed E-state index contributed by atoms with van der Waals surface area (Å²) in [6.45, 7) is 1.99. The van der Waals surface area contributed by atoms with Crippen LogP contribution in [0.5, 0.6) is 0 Å². The molecule has 2 aromatic rings. The molecule has 1 saturated heterocycles. The van der Waals surface area contributed by atoms with Crippen LogP contribution in [0.4, 0.5) is 0 Å². The Morgan fingerprint density at radius 1 is 1.40 bits per heavy atom. The van der Waals surface area contributed by atoms with Crippen molar-refractivity contribution in [2.45, 2.75) is 23.2 Å². The molecule has 1 amide bonds. The minimum atomic E-state index is 0.112. The van der Waals surface area contributed by atoms with E-state index < -0.39 is 0 Å². The highest BCUT2D eigenvalue weighted by Crippen LogP contribution is 2.29. The summed E-state index contributed by atoms with van der Waals surface area (Å²) in [6.07, 6.45) is 2.05. The largest absolute Gasteiger partial charge is 0.353 e. The molecule has 0 bridgehead atoms. The van der Waals surface area contributed by atoms with Crippen molar-refractivity contribution in [3.8, 4) is 0 Å². The van der Waals surface area contributed by atoms with Gasteiger partial charge in [-0.15, -0.1) is 11.3 Å². The normalized spacial score (nSPS) is 16.4. The summed E-state index contributed by atoms with van der Waals surface area (Å²) >= 11 is 3.17. The average Bonchev–Trinajstić information content (AvgIpc) is 2.89. The molecule has 0 aliphatic carbocycles. The van der Waals surface area contributed by atoms with Crippen molar-refractivity contribution in [2.75, 3.05) is 18.8 Å². The van der Waals surface area contributed by atoms with Crippen LogP contribution in [0.2, 0.25) is 0 Å². The predicted molar refractivity (Wildman–Crippen MR) is 84.4 cm³/mol. The van der Waals surface area contributed by atoms with E-state index in [0.29, 0.717) is 11.8 Å². The molecule has 1 fully saturated rings. The van der Waals surface area contributed by atoms with Crippen LogP contribution < -0.4 is 10.6 Å². The zero-order chi connectivity index (χ0) is 13.8. The van der Waals surface area contributed by atoms with Crippen LogP contribution in [0.25, 0.3) is 10.2 Å². The lowest BCUT2D eigenvalue weighted by atomic mass is 10.1. The molecule has 3 rings (SSSR count). The molecule has 1 aliphatic heterocycles. The number of amides is 1. The highest BCUT2D eigenvalue weighted by Gasteiger charge is 2.15. The molecular weight excluding hydrogens is 290 g/mol. The Labute approximate surface area is 126 Å². The van der Waals surface area contributed by atoms with Gasteiger partial charge >= 0.3 is 0 Å². The van der Waals surface area contributed by atoms with Gasteiger partial charge in [0, 0.05) is 6.04 Å². The third-order valence-corrected chi connectivity index (χ3v) is 5.48. The second kappa shape index (κ2) is 6.56. The first kappa shape index (κ1) is 13.9. The molecule has 0 atom stereocenters. The van der Waals surface area contributed by atoms with Crippen LogP contribution in [-0.4, -0.2) is 35.8 Å². The second-order valence-electron chi connectivity index (χ2n) is 4.83. The molecular formula is C14H17N3OS2. The van der Waals surface area contributed by atoms with Crippen molar-refractivity contribution in [1.29, 1.82) is 0 Å². The summed E-state index contributed by atoms with van der Waals surface area (Å²) in [6, 6.07) is 8.40. The maximum atomic E-state index is 11.9. The SMILES string of the molecule is O=C(CSc1nc2ccccc2s1)NC1CCNCC1. The Morgan fingerprint density at radius 2 is 2.20 bits per heavy atom. The molecule has 0 radical (unpaired) electrons. The van der Waals surface area contributed by atoms with Gasteiger partial charge in [0.05, 0.1) is 16.0 Å². The van der Waals surface area contributed by atoms with E-state index in [1.807, 2.05) is 18.2 Å². The molecule has 106 valence electrons. The molecule has 1 aromatic carbocycles. The lowest BCUT2D eigenvalue weighted by Crippen LogP contribution is -2.43. The average molecular weight is 307 g/mol. The quantitative estimate of drug-likeness (QED) is 0.851. The van der Waals surface area contributed by atoms with Crippen molar-refractivity contribution in [3.63, 3.8) is 0 Å². The van der Waals surface area contributed by atoms with Gasteiger partial charge < -0.3 is 10.6 Å². The van der Waals surface area contributed by atoms with E-state index in [0.717, 1.165) is 35.8 Å². The van der Waals surface area contributed by atoms with Gasteiger partial charge in [-0.1, -0.05) is 23.9 Å². The van der Waals surface area contributed by atoms with Crippen molar-refractivity contribution in [2.24, 2.45) is 0 Å². The topological polar surface area (TPSA) is 54.0 Å². The van der Waals surface area contributed by atoms with Crippen LogP contribution in [0, 0.1) is 0 Å². The van der Waals surface area contributed by atoms with Crippen LogP contribution >= 0.6 is 23.1 Å². The van der Waals surface area contributed by atoms with Crippen molar-refractivity contribution in [3.05, 3.63) is 24.3 Å². The van der Waals surface area contributed by atoms with E-state index in [1.165, 1.54) is 16.5 Å². The summed E-state index contributed by atoms with van der Waals surface area (Å²) in [5.41, 5.74) is 1.01. The van der Waals surface area contributed by atoms with Gasteiger partial charge in [0.25, 0.3) is 0 Å². The molecule has 4 nitrogen and oxygen atoms in total. The summed E-state index contributed by atoms with van der Waals surface area (Å²) in [5, 5.41) is 6.40. The number of hydrogen-bond acceptors (Lipinski definition) is 5. The van der Waals surface area contributed by atoms with Crippen molar-refractivity contribution in [1.82, 2.24) is 15.6 Å². The smallest absolute Gasteiger partial charge is 0.230 e. The van der Waals surface area contributed by atoms with Gasteiger partial charge in [0.1, 0.15) is 0 Å². The maximum absolute atomic E-state index is 11.9. The lowest BCUT2D eigenvalue weighted by molar-refractivity contribution is -0.119. The fourth-order valence-corrected chi connectivity index (χ4v) is 4.16. The number of carbonyl (C=O) groups excluding carboxylic acids is 1. The summed E-state index contributed by atoms with van der Waals surface area (Å²) in [4.78, 5) is 16.4. The number of fused-ring (bicyclic) bond motifs is 1. The first-order valence-electron chi connectivity index (χ1n) is 6.80. The Kier molecular flexibility index (Phi) is 4.54. The number of benzene rings is 1. The van der Waals surface area contributed by atoms with Gasteiger partial charge in [-0.05, 0) is 38.1 Å². The van der Waals surface area contributed by atoms with Gasteiger partial charge in [0.2, 0.25) is 5.91 Å². The molecule has 1 aliphatic rings. The van der Waals surface area contributed by atoms with E-state index in [4.69, 9.17) is 0 Å². The maximum Gasteiger partial charge on any atom is 0.230 e. The highest BCUT2D eigenvalue weighted by molar-refractivity contribution is 8.01. The molecule has 2 heterocycles. The zero-order valence-electron chi connectivity index (χ0n) is 11.1. The van der Waals surface area contributed by atoms with Crippen LogP contribution in [-0.2, 0) is 4.79 Å². The van der Waals surface area contributed by atoms with E-state index in [-0.39, 0.29) is 5.91 Å². The number of hydrogen-bond donors (Lipinski definition) is 2. The molecule has 0 saturated carbocycles. The molecule has 6 heteroatoms. The number of aromatic nitrogens is 1. The number of carbonyl (C=O) groups is 1. The third kappa shape index (κ3) is 3.50. The van der Waals surface area contributed by atoms with Gasteiger partial charge in [-0.2, -0.15) is 0 Å². The number of thiazole rings is 1. The summed E-state index contributed by atoms with van der Waals surface area (Å²) in [5.74, 6) is 0.560. The number of rotatable bonds is 4.